The van der Waals surface area contributed by atoms with E-state index in [9.17, 15) is 4.79 Å². The van der Waals surface area contributed by atoms with Crippen LogP contribution in [0.4, 0.5) is 5.82 Å². The van der Waals surface area contributed by atoms with Crippen LogP contribution in [0.2, 0.25) is 0 Å². The molecule has 4 aromatic rings. The summed E-state index contributed by atoms with van der Waals surface area (Å²) in [5.41, 5.74) is 3.32. The number of carboxylic acids is 1. The molecule has 180 valence electrons. The minimum atomic E-state index is -0.950. The number of aliphatic carboxylic acids is 1. The van der Waals surface area contributed by atoms with E-state index in [0.29, 0.717) is 18.0 Å². The lowest BCUT2D eigenvalue weighted by molar-refractivity contribution is -0.145. The summed E-state index contributed by atoms with van der Waals surface area (Å²) in [5, 5.41) is 13.3. The number of hydrogen-bond donors (Lipinski definition) is 2. The van der Waals surface area contributed by atoms with Gasteiger partial charge in [-0.1, -0.05) is 42.5 Å². The number of nitrogens with one attached hydrogen (secondary N) is 1. The summed E-state index contributed by atoms with van der Waals surface area (Å²) >= 11 is 0. The fraction of sp³-hybridized carbons (Fsp3) is 0.296. The van der Waals surface area contributed by atoms with Crippen LogP contribution in [0.5, 0.6) is 5.75 Å². The molecule has 0 radical (unpaired) electrons. The third-order valence-corrected chi connectivity index (χ3v) is 6.31. The molecule has 0 amide bonds. The first kappa shape index (κ1) is 22.9. The van der Waals surface area contributed by atoms with Crippen molar-refractivity contribution < 1.29 is 23.8 Å². The van der Waals surface area contributed by atoms with Crippen molar-refractivity contribution in [2.75, 3.05) is 19.0 Å². The van der Waals surface area contributed by atoms with E-state index in [1.54, 1.807) is 7.11 Å². The molecule has 1 fully saturated rings. The molecule has 8 heteroatoms. The van der Waals surface area contributed by atoms with Gasteiger partial charge in [-0.2, -0.15) is 0 Å². The number of ether oxygens (including phenoxy) is 2. The van der Waals surface area contributed by atoms with Crippen LogP contribution in [0.1, 0.15) is 25.7 Å². The SMILES string of the molecule is COc1ccc(-c2c(-c3ccccc3)oc3ncnc(NC4CCCC(OCC(=O)O)C4)c23)cc1. The van der Waals surface area contributed by atoms with Crippen molar-refractivity contribution in [3.05, 3.63) is 60.9 Å². The Morgan fingerprint density at radius 3 is 2.63 bits per heavy atom. The first-order valence-corrected chi connectivity index (χ1v) is 11.7. The molecule has 2 atom stereocenters. The Morgan fingerprint density at radius 1 is 1.09 bits per heavy atom. The summed E-state index contributed by atoms with van der Waals surface area (Å²) in [5.74, 6) is 1.23. The summed E-state index contributed by atoms with van der Waals surface area (Å²) in [6, 6.07) is 17.9. The Balaban J connectivity index is 1.55. The Kier molecular flexibility index (Phi) is 6.63. The van der Waals surface area contributed by atoms with Crippen LogP contribution < -0.4 is 10.1 Å². The lowest BCUT2D eigenvalue weighted by atomic mass is 9.92. The van der Waals surface area contributed by atoms with E-state index < -0.39 is 5.97 Å². The molecular weight excluding hydrogens is 446 g/mol. The number of methoxy groups -OCH3 is 1. The van der Waals surface area contributed by atoms with Gasteiger partial charge >= 0.3 is 5.97 Å². The molecule has 0 spiro atoms. The zero-order valence-electron chi connectivity index (χ0n) is 19.4. The van der Waals surface area contributed by atoms with Gasteiger partial charge in [0.2, 0.25) is 5.71 Å². The van der Waals surface area contributed by atoms with Gasteiger partial charge < -0.3 is 24.3 Å². The van der Waals surface area contributed by atoms with Crippen LogP contribution in [0.15, 0.2) is 65.3 Å². The number of furan rings is 1. The molecule has 35 heavy (non-hydrogen) atoms. The molecule has 8 nitrogen and oxygen atoms in total. The number of nitrogens with zero attached hydrogens (tertiary/aromatic N) is 2. The van der Waals surface area contributed by atoms with Crippen molar-refractivity contribution in [2.45, 2.75) is 37.8 Å². The van der Waals surface area contributed by atoms with Gasteiger partial charge in [-0.3, -0.25) is 0 Å². The Bertz CT molecular complexity index is 1300. The third-order valence-electron chi connectivity index (χ3n) is 6.31. The Morgan fingerprint density at radius 2 is 1.89 bits per heavy atom. The van der Waals surface area contributed by atoms with Gasteiger partial charge in [0.1, 0.15) is 30.3 Å². The maximum atomic E-state index is 10.9. The lowest BCUT2D eigenvalue weighted by Gasteiger charge is -2.29. The van der Waals surface area contributed by atoms with E-state index in [1.807, 2.05) is 54.6 Å². The zero-order valence-corrected chi connectivity index (χ0v) is 19.4. The molecule has 2 heterocycles. The van der Waals surface area contributed by atoms with Crippen LogP contribution in [0.3, 0.4) is 0 Å². The lowest BCUT2D eigenvalue weighted by Crippen LogP contribution is -2.33. The molecule has 2 unspecified atom stereocenters. The number of carbonyl (C=O) groups is 1. The van der Waals surface area contributed by atoms with Gasteiger partial charge in [-0.15, -0.1) is 0 Å². The van der Waals surface area contributed by atoms with E-state index in [2.05, 4.69) is 15.3 Å². The standard InChI is InChI=1S/C27H27N3O5/c1-33-20-12-10-17(11-13-20)23-24-26(30-19-8-5-9-21(14-19)34-15-22(31)32)28-16-29-27(24)35-25(23)18-6-3-2-4-7-18/h2-4,6-7,10-13,16,19,21H,5,8-9,14-15H2,1H3,(H,31,32)(H,28,29,30). The van der Waals surface area contributed by atoms with Crippen LogP contribution in [0, 0.1) is 0 Å². The summed E-state index contributed by atoms with van der Waals surface area (Å²) in [6.45, 7) is -0.279. The molecule has 0 bridgehead atoms. The summed E-state index contributed by atoms with van der Waals surface area (Å²) in [6.07, 6.45) is 4.86. The molecule has 1 aliphatic rings. The van der Waals surface area contributed by atoms with Crippen molar-refractivity contribution in [1.29, 1.82) is 0 Å². The largest absolute Gasteiger partial charge is 0.497 e. The fourth-order valence-electron chi connectivity index (χ4n) is 4.68. The zero-order chi connectivity index (χ0) is 24.2. The van der Waals surface area contributed by atoms with Gasteiger partial charge in [-0.05, 0) is 43.4 Å². The predicted octanol–water partition coefficient (Wildman–Crippen LogP) is 5.39. The smallest absolute Gasteiger partial charge is 0.329 e. The normalized spacial score (nSPS) is 17.9. The summed E-state index contributed by atoms with van der Waals surface area (Å²) in [4.78, 5) is 19.9. The number of fused-ring (bicyclic) bond motifs is 1. The second-order valence-electron chi connectivity index (χ2n) is 8.64. The second kappa shape index (κ2) is 10.1. The van der Waals surface area contributed by atoms with Gasteiger partial charge in [0.05, 0.1) is 18.6 Å². The van der Waals surface area contributed by atoms with Gasteiger partial charge in [0.15, 0.2) is 0 Å². The highest BCUT2D eigenvalue weighted by Gasteiger charge is 2.27. The molecule has 1 saturated carbocycles. The molecule has 2 aromatic heterocycles. The molecule has 5 rings (SSSR count). The Labute approximate surface area is 202 Å². The van der Waals surface area contributed by atoms with Crippen LogP contribution in [0.25, 0.3) is 33.6 Å². The first-order chi connectivity index (χ1) is 17.1. The maximum Gasteiger partial charge on any atom is 0.329 e. The van der Waals surface area contributed by atoms with E-state index in [4.69, 9.17) is 19.0 Å². The maximum absolute atomic E-state index is 10.9. The first-order valence-electron chi connectivity index (χ1n) is 11.7. The minimum Gasteiger partial charge on any atom is -0.497 e. The van der Waals surface area contributed by atoms with E-state index >= 15 is 0 Å². The molecule has 2 N–H and O–H groups in total. The fourth-order valence-corrected chi connectivity index (χ4v) is 4.68. The van der Waals surface area contributed by atoms with Crippen LogP contribution >= 0.6 is 0 Å². The minimum absolute atomic E-state index is 0.0967. The number of hydrogen-bond acceptors (Lipinski definition) is 7. The van der Waals surface area contributed by atoms with Crippen molar-refractivity contribution in [2.24, 2.45) is 0 Å². The Hall–Kier alpha value is -3.91. The average molecular weight is 474 g/mol. The van der Waals surface area contributed by atoms with Crippen molar-refractivity contribution >= 4 is 22.9 Å². The van der Waals surface area contributed by atoms with Crippen molar-refractivity contribution in [3.8, 4) is 28.2 Å². The number of aromatic nitrogens is 2. The highest BCUT2D eigenvalue weighted by molar-refractivity contribution is 6.05. The number of benzene rings is 2. The molecule has 2 aromatic carbocycles. The van der Waals surface area contributed by atoms with Crippen LogP contribution in [-0.2, 0) is 9.53 Å². The van der Waals surface area contributed by atoms with Crippen molar-refractivity contribution in [1.82, 2.24) is 9.97 Å². The molecule has 1 aliphatic carbocycles. The van der Waals surface area contributed by atoms with Crippen molar-refractivity contribution in [3.63, 3.8) is 0 Å². The van der Waals surface area contributed by atoms with E-state index in [1.165, 1.54) is 6.33 Å². The number of anilines is 1. The number of rotatable bonds is 8. The van der Waals surface area contributed by atoms with E-state index in [0.717, 1.165) is 52.8 Å². The van der Waals surface area contributed by atoms with E-state index in [-0.39, 0.29) is 18.8 Å². The predicted molar refractivity (Wildman–Crippen MR) is 132 cm³/mol. The number of carboxylic acid groups (broad SMARTS) is 1. The molecular formula is C27H27N3O5. The van der Waals surface area contributed by atoms with Crippen LogP contribution in [-0.4, -0.2) is 46.9 Å². The molecule has 0 aliphatic heterocycles. The molecule has 0 saturated heterocycles. The average Bonchev–Trinajstić information content (AvgIpc) is 3.29. The highest BCUT2D eigenvalue weighted by Crippen LogP contribution is 2.43. The monoisotopic (exact) mass is 473 g/mol. The second-order valence-corrected chi connectivity index (χ2v) is 8.64. The third kappa shape index (κ3) is 4.97. The summed E-state index contributed by atoms with van der Waals surface area (Å²) < 4.78 is 17.2. The van der Waals surface area contributed by atoms with Gasteiger partial charge in [0.25, 0.3) is 0 Å². The highest BCUT2D eigenvalue weighted by atomic mass is 16.5. The van der Waals surface area contributed by atoms with Gasteiger partial charge in [-0.25, -0.2) is 14.8 Å². The van der Waals surface area contributed by atoms with Gasteiger partial charge in [0, 0.05) is 17.2 Å². The quantitative estimate of drug-likeness (QED) is 0.351. The summed E-state index contributed by atoms with van der Waals surface area (Å²) in [7, 11) is 1.64. The topological polar surface area (TPSA) is 107 Å².